The lowest BCUT2D eigenvalue weighted by Gasteiger charge is -2.15. The van der Waals surface area contributed by atoms with Gasteiger partial charge in [0.25, 0.3) is 0 Å². The van der Waals surface area contributed by atoms with Crippen LogP contribution in [0.2, 0.25) is 0 Å². The zero-order valence-corrected chi connectivity index (χ0v) is 11.0. The van der Waals surface area contributed by atoms with Crippen LogP contribution in [0.25, 0.3) is 0 Å². The first kappa shape index (κ1) is 12.8. The van der Waals surface area contributed by atoms with Gasteiger partial charge in [0, 0.05) is 25.9 Å². The number of hydrogen-bond donors (Lipinski definition) is 1. The molecule has 2 aromatic heterocycles. The lowest BCUT2D eigenvalue weighted by molar-refractivity contribution is 1.02. The van der Waals surface area contributed by atoms with E-state index in [2.05, 4.69) is 20.3 Å². The highest BCUT2D eigenvalue weighted by atomic mass is 15.2. The Labute approximate surface area is 111 Å². The summed E-state index contributed by atoms with van der Waals surface area (Å²) in [6.45, 7) is 1.96. The molecular formula is C13H14N6. The average molecular weight is 254 g/mol. The van der Waals surface area contributed by atoms with E-state index in [9.17, 15) is 0 Å². The summed E-state index contributed by atoms with van der Waals surface area (Å²) in [5, 5.41) is 11.7. The number of pyridine rings is 1. The fraction of sp³-hybridized carbons (Fsp3) is 0.231. The minimum Gasteiger partial charge on any atom is -0.362 e. The highest BCUT2D eigenvalue weighted by Gasteiger charge is 2.06. The Bertz CT molecular complexity index is 612. The van der Waals surface area contributed by atoms with Crippen molar-refractivity contribution in [3.05, 3.63) is 35.8 Å². The Balaban J connectivity index is 2.23. The average Bonchev–Trinajstić information content (AvgIpc) is 2.41. The van der Waals surface area contributed by atoms with E-state index in [0.717, 1.165) is 17.1 Å². The molecule has 0 radical (unpaired) electrons. The van der Waals surface area contributed by atoms with Gasteiger partial charge >= 0.3 is 0 Å². The summed E-state index contributed by atoms with van der Waals surface area (Å²) >= 11 is 0. The van der Waals surface area contributed by atoms with Crippen LogP contribution >= 0.6 is 0 Å². The predicted molar refractivity (Wildman–Crippen MR) is 73.3 cm³/mol. The molecule has 1 N–H and O–H groups in total. The van der Waals surface area contributed by atoms with Crippen molar-refractivity contribution in [2.24, 2.45) is 0 Å². The molecule has 96 valence electrons. The number of aryl methyl sites for hydroxylation is 1. The fourth-order valence-electron chi connectivity index (χ4n) is 1.61. The van der Waals surface area contributed by atoms with Crippen molar-refractivity contribution in [1.29, 1.82) is 5.26 Å². The van der Waals surface area contributed by atoms with Crippen LogP contribution < -0.4 is 10.2 Å². The number of hydrogen-bond acceptors (Lipinski definition) is 6. The van der Waals surface area contributed by atoms with Crippen LogP contribution in [-0.2, 0) is 0 Å². The maximum Gasteiger partial charge on any atom is 0.229 e. The molecule has 0 unspecified atom stereocenters. The van der Waals surface area contributed by atoms with E-state index in [1.807, 2.05) is 32.0 Å². The number of aromatic nitrogens is 3. The lowest BCUT2D eigenvalue weighted by atomic mass is 10.3. The fourth-order valence-corrected chi connectivity index (χ4v) is 1.61. The van der Waals surface area contributed by atoms with Gasteiger partial charge in [0.1, 0.15) is 17.6 Å². The van der Waals surface area contributed by atoms with Crippen LogP contribution in [0.4, 0.5) is 17.5 Å². The molecule has 6 heteroatoms. The molecule has 2 rings (SSSR count). The van der Waals surface area contributed by atoms with Gasteiger partial charge in [0.05, 0.1) is 11.9 Å². The van der Waals surface area contributed by atoms with Gasteiger partial charge in [-0.15, -0.1) is 0 Å². The van der Waals surface area contributed by atoms with Gasteiger partial charge < -0.3 is 10.2 Å². The van der Waals surface area contributed by atoms with Crippen LogP contribution in [0.5, 0.6) is 0 Å². The summed E-state index contributed by atoms with van der Waals surface area (Å²) in [6.07, 6.45) is 3.35. The third-order valence-electron chi connectivity index (χ3n) is 2.50. The molecular weight excluding hydrogens is 240 g/mol. The molecule has 6 nitrogen and oxygen atoms in total. The molecule has 0 saturated carbocycles. The summed E-state index contributed by atoms with van der Waals surface area (Å²) in [5.41, 5.74) is 2.13. The number of rotatable bonds is 3. The zero-order chi connectivity index (χ0) is 13.8. The van der Waals surface area contributed by atoms with Crippen LogP contribution in [0.15, 0.2) is 24.5 Å². The molecule has 0 fully saturated rings. The van der Waals surface area contributed by atoms with E-state index in [4.69, 9.17) is 5.26 Å². The SMILES string of the molecule is Cc1cnc(Nc2ccc(C#N)nc2)nc1N(C)C. The Kier molecular flexibility index (Phi) is 3.57. The molecule has 0 bridgehead atoms. The van der Waals surface area contributed by atoms with E-state index in [1.54, 1.807) is 24.5 Å². The van der Waals surface area contributed by atoms with Gasteiger partial charge in [0.2, 0.25) is 5.95 Å². The monoisotopic (exact) mass is 254 g/mol. The maximum absolute atomic E-state index is 8.68. The second kappa shape index (κ2) is 5.31. The van der Waals surface area contributed by atoms with Crippen molar-refractivity contribution < 1.29 is 0 Å². The highest BCUT2D eigenvalue weighted by molar-refractivity contribution is 5.55. The summed E-state index contributed by atoms with van der Waals surface area (Å²) in [6, 6.07) is 5.38. The standard InChI is InChI=1S/C13H14N6/c1-9-7-16-13(18-12(9)19(2)3)17-11-5-4-10(6-14)15-8-11/h4-5,7-8H,1-3H3,(H,16,17,18). The largest absolute Gasteiger partial charge is 0.362 e. The predicted octanol–water partition coefficient (Wildman–Crippen LogP) is 1.86. The smallest absolute Gasteiger partial charge is 0.229 e. The number of nitrogens with zero attached hydrogens (tertiary/aromatic N) is 5. The first-order chi connectivity index (χ1) is 9.10. The molecule has 0 saturated heterocycles. The van der Waals surface area contributed by atoms with Crippen LogP contribution in [0.1, 0.15) is 11.3 Å². The molecule has 0 aromatic carbocycles. The van der Waals surface area contributed by atoms with Crippen LogP contribution in [0, 0.1) is 18.3 Å². The molecule has 19 heavy (non-hydrogen) atoms. The van der Waals surface area contributed by atoms with Crippen molar-refractivity contribution in [3.63, 3.8) is 0 Å². The molecule has 2 aromatic rings. The summed E-state index contributed by atoms with van der Waals surface area (Å²) < 4.78 is 0. The second-order valence-electron chi connectivity index (χ2n) is 4.26. The minimum absolute atomic E-state index is 0.379. The van der Waals surface area contributed by atoms with Gasteiger partial charge in [-0.3, -0.25) is 0 Å². The first-order valence-electron chi connectivity index (χ1n) is 5.74. The second-order valence-corrected chi connectivity index (χ2v) is 4.26. The first-order valence-corrected chi connectivity index (χ1v) is 5.74. The lowest BCUT2D eigenvalue weighted by Crippen LogP contribution is -2.13. The number of nitriles is 1. The van der Waals surface area contributed by atoms with Crippen molar-refractivity contribution in [2.45, 2.75) is 6.92 Å². The third-order valence-corrected chi connectivity index (χ3v) is 2.50. The molecule has 0 spiro atoms. The molecule has 0 aliphatic carbocycles. The van der Waals surface area contributed by atoms with Crippen LogP contribution in [-0.4, -0.2) is 29.0 Å². The molecule has 0 atom stereocenters. The van der Waals surface area contributed by atoms with Gasteiger partial charge in [-0.05, 0) is 19.1 Å². The van der Waals surface area contributed by atoms with Gasteiger partial charge in [-0.2, -0.15) is 10.2 Å². The van der Waals surface area contributed by atoms with E-state index in [1.165, 1.54) is 0 Å². The number of nitrogens with one attached hydrogen (secondary N) is 1. The van der Waals surface area contributed by atoms with E-state index < -0.39 is 0 Å². The summed E-state index contributed by atoms with van der Waals surface area (Å²) in [4.78, 5) is 14.5. The number of anilines is 3. The Morgan fingerprint density at radius 1 is 1.21 bits per heavy atom. The van der Waals surface area contributed by atoms with Crippen molar-refractivity contribution in [3.8, 4) is 6.07 Å². The Morgan fingerprint density at radius 3 is 2.58 bits per heavy atom. The normalized spacial score (nSPS) is 9.79. The van der Waals surface area contributed by atoms with E-state index in [0.29, 0.717) is 11.6 Å². The quantitative estimate of drug-likeness (QED) is 0.900. The molecule has 0 amide bonds. The maximum atomic E-state index is 8.68. The van der Waals surface area contributed by atoms with E-state index >= 15 is 0 Å². The molecule has 0 aliphatic rings. The highest BCUT2D eigenvalue weighted by Crippen LogP contribution is 2.18. The van der Waals surface area contributed by atoms with E-state index in [-0.39, 0.29) is 0 Å². The van der Waals surface area contributed by atoms with Gasteiger partial charge in [0.15, 0.2) is 0 Å². The summed E-state index contributed by atoms with van der Waals surface area (Å²) in [7, 11) is 3.87. The third kappa shape index (κ3) is 2.96. The topological polar surface area (TPSA) is 77.7 Å². The van der Waals surface area contributed by atoms with Crippen LogP contribution in [0.3, 0.4) is 0 Å². The van der Waals surface area contributed by atoms with Gasteiger partial charge in [-0.1, -0.05) is 0 Å². The van der Waals surface area contributed by atoms with Crippen molar-refractivity contribution >= 4 is 17.5 Å². The Morgan fingerprint density at radius 2 is 2.00 bits per heavy atom. The molecule has 0 aliphatic heterocycles. The molecule has 2 heterocycles. The summed E-state index contributed by atoms with van der Waals surface area (Å²) in [5.74, 6) is 1.36. The van der Waals surface area contributed by atoms with Crippen molar-refractivity contribution in [1.82, 2.24) is 15.0 Å². The Hall–Kier alpha value is -2.68. The van der Waals surface area contributed by atoms with Gasteiger partial charge in [-0.25, -0.2) is 9.97 Å². The van der Waals surface area contributed by atoms with Crippen molar-refractivity contribution in [2.75, 3.05) is 24.3 Å². The zero-order valence-electron chi connectivity index (χ0n) is 11.0. The minimum atomic E-state index is 0.379.